The highest BCUT2D eigenvalue weighted by Crippen LogP contribution is 2.19. The molecule has 1 fully saturated rings. The Morgan fingerprint density at radius 3 is 2.65 bits per heavy atom. The average Bonchev–Trinajstić information content (AvgIpc) is 2.53. The minimum atomic E-state index is 0.0567. The van der Waals surface area contributed by atoms with E-state index in [-0.39, 0.29) is 5.91 Å². The fraction of sp³-hybridized carbons (Fsp3) is 0.235. The van der Waals surface area contributed by atoms with Crippen molar-refractivity contribution in [2.45, 2.75) is 0 Å². The number of fused-ring (bicyclic) bond motifs is 1. The van der Waals surface area contributed by atoms with E-state index in [1.165, 1.54) is 10.8 Å². The van der Waals surface area contributed by atoms with Crippen LogP contribution in [0.5, 0.6) is 0 Å². The Morgan fingerprint density at radius 1 is 1.05 bits per heavy atom. The van der Waals surface area contributed by atoms with E-state index in [1.807, 2.05) is 35.2 Å². The third kappa shape index (κ3) is 2.73. The van der Waals surface area contributed by atoms with Gasteiger partial charge in [-0.15, -0.1) is 0 Å². The maximum atomic E-state index is 12.1. The Labute approximate surface area is 118 Å². The van der Waals surface area contributed by atoms with Crippen LogP contribution in [0.1, 0.15) is 5.56 Å². The molecule has 1 saturated heterocycles. The Hall–Kier alpha value is -2.13. The minimum Gasteiger partial charge on any atom is -0.378 e. The summed E-state index contributed by atoms with van der Waals surface area (Å²) < 4.78 is 5.25. The van der Waals surface area contributed by atoms with Gasteiger partial charge in [-0.25, -0.2) is 0 Å². The fourth-order valence-corrected chi connectivity index (χ4v) is 2.45. The summed E-state index contributed by atoms with van der Waals surface area (Å²) in [6, 6.07) is 14.3. The summed E-state index contributed by atoms with van der Waals surface area (Å²) in [4.78, 5) is 13.9. The number of ether oxygens (including phenoxy) is 1. The van der Waals surface area contributed by atoms with E-state index >= 15 is 0 Å². The molecule has 0 atom stereocenters. The number of hydrogen-bond donors (Lipinski definition) is 0. The lowest BCUT2D eigenvalue weighted by atomic mass is 10.0. The highest BCUT2D eigenvalue weighted by atomic mass is 16.5. The predicted molar refractivity (Wildman–Crippen MR) is 80.4 cm³/mol. The van der Waals surface area contributed by atoms with E-state index < -0.39 is 0 Å². The Bertz CT molecular complexity index is 637. The molecule has 1 aliphatic heterocycles. The molecule has 0 bridgehead atoms. The first kappa shape index (κ1) is 12.9. The average molecular weight is 267 g/mol. The van der Waals surface area contributed by atoms with Gasteiger partial charge in [-0.05, 0) is 22.4 Å². The van der Waals surface area contributed by atoms with Crippen molar-refractivity contribution < 1.29 is 9.53 Å². The lowest BCUT2D eigenvalue weighted by Gasteiger charge is -2.25. The number of nitrogens with zero attached hydrogens (tertiary/aromatic N) is 1. The van der Waals surface area contributed by atoms with E-state index in [2.05, 4.69) is 18.2 Å². The highest BCUT2D eigenvalue weighted by Gasteiger charge is 2.13. The van der Waals surface area contributed by atoms with Gasteiger partial charge < -0.3 is 9.64 Å². The van der Waals surface area contributed by atoms with Crippen molar-refractivity contribution in [3.8, 4) is 0 Å². The third-order valence-corrected chi connectivity index (χ3v) is 3.55. The van der Waals surface area contributed by atoms with Crippen molar-refractivity contribution >= 4 is 22.8 Å². The van der Waals surface area contributed by atoms with Gasteiger partial charge >= 0.3 is 0 Å². The predicted octanol–water partition coefficient (Wildman–Crippen LogP) is 2.71. The van der Waals surface area contributed by atoms with Crippen LogP contribution in [0.2, 0.25) is 0 Å². The SMILES string of the molecule is O=C(/C=C/c1cccc2ccccc12)N1CCOCC1. The van der Waals surface area contributed by atoms with Crippen LogP contribution in [0.4, 0.5) is 0 Å². The van der Waals surface area contributed by atoms with Crippen LogP contribution in [-0.4, -0.2) is 37.1 Å². The molecule has 1 aliphatic rings. The van der Waals surface area contributed by atoms with Crippen LogP contribution >= 0.6 is 0 Å². The van der Waals surface area contributed by atoms with Crippen LogP contribution < -0.4 is 0 Å². The zero-order valence-corrected chi connectivity index (χ0v) is 11.3. The molecule has 0 spiro atoms. The molecular formula is C17H17NO2. The van der Waals surface area contributed by atoms with E-state index in [9.17, 15) is 4.79 Å². The minimum absolute atomic E-state index is 0.0567. The first-order chi connectivity index (χ1) is 9.84. The van der Waals surface area contributed by atoms with Crippen LogP contribution in [0.25, 0.3) is 16.8 Å². The second kappa shape index (κ2) is 5.88. The van der Waals surface area contributed by atoms with Gasteiger partial charge in [0.05, 0.1) is 13.2 Å². The largest absolute Gasteiger partial charge is 0.378 e. The van der Waals surface area contributed by atoms with Gasteiger partial charge in [-0.1, -0.05) is 42.5 Å². The molecular weight excluding hydrogens is 250 g/mol. The Kier molecular flexibility index (Phi) is 3.79. The smallest absolute Gasteiger partial charge is 0.246 e. The molecule has 1 heterocycles. The highest BCUT2D eigenvalue weighted by molar-refractivity contribution is 5.96. The summed E-state index contributed by atoms with van der Waals surface area (Å²) in [6.45, 7) is 2.62. The number of rotatable bonds is 2. The molecule has 3 heteroatoms. The number of amides is 1. The van der Waals surface area contributed by atoms with Gasteiger partial charge in [0, 0.05) is 19.2 Å². The van der Waals surface area contributed by atoms with Crippen LogP contribution in [0.3, 0.4) is 0 Å². The molecule has 0 unspecified atom stereocenters. The molecule has 2 aromatic rings. The number of benzene rings is 2. The number of carbonyl (C=O) groups is 1. The van der Waals surface area contributed by atoms with E-state index in [1.54, 1.807) is 6.08 Å². The van der Waals surface area contributed by atoms with E-state index in [0.29, 0.717) is 26.3 Å². The Balaban J connectivity index is 1.81. The van der Waals surface area contributed by atoms with Gasteiger partial charge in [0.15, 0.2) is 0 Å². The topological polar surface area (TPSA) is 29.5 Å². The lowest BCUT2D eigenvalue weighted by Crippen LogP contribution is -2.39. The molecule has 3 nitrogen and oxygen atoms in total. The van der Waals surface area contributed by atoms with Crippen molar-refractivity contribution in [3.63, 3.8) is 0 Å². The number of carbonyl (C=O) groups excluding carboxylic acids is 1. The number of hydrogen-bond acceptors (Lipinski definition) is 2. The Morgan fingerprint density at radius 2 is 1.80 bits per heavy atom. The summed E-state index contributed by atoms with van der Waals surface area (Å²) in [7, 11) is 0. The second-order valence-corrected chi connectivity index (χ2v) is 4.84. The van der Waals surface area contributed by atoms with E-state index in [0.717, 1.165) is 5.56 Å². The summed E-state index contributed by atoms with van der Waals surface area (Å²) in [5.41, 5.74) is 1.07. The molecule has 0 saturated carbocycles. The van der Waals surface area contributed by atoms with Crippen molar-refractivity contribution in [3.05, 3.63) is 54.1 Å². The molecule has 0 aliphatic carbocycles. The molecule has 1 amide bonds. The number of morpholine rings is 1. The molecule has 20 heavy (non-hydrogen) atoms. The summed E-state index contributed by atoms with van der Waals surface area (Å²) in [5, 5.41) is 2.36. The van der Waals surface area contributed by atoms with Crippen molar-refractivity contribution in [1.29, 1.82) is 0 Å². The standard InChI is InChI=1S/C17H17NO2/c19-17(18-10-12-20-13-11-18)9-8-15-6-3-5-14-4-1-2-7-16(14)15/h1-9H,10-13H2/b9-8+. The normalized spacial score (nSPS) is 15.9. The van der Waals surface area contributed by atoms with Gasteiger partial charge in [0.25, 0.3) is 0 Å². The summed E-state index contributed by atoms with van der Waals surface area (Å²) >= 11 is 0. The molecule has 0 radical (unpaired) electrons. The molecule has 0 N–H and O–H groups in total. The maximum absolute atomic E-state index is 12.1. The van der Waals surface area contributed by atoms with Crippen LogP contribution in [0.15, 0.2) is 48.5 Å². The van der Waals surface area contributed by atoms with Gasteiger partial charge in [0.2, 0.25) is 5.91 Å². The molecule has 0 aromatic heterocycles. The van der Waals surface area contributed by atoms with Crippen molar-refractivity contribution in [2.75, 3.05) is 26.3 Å². The summed E-state index contributed by atoms with van der Waals surface area (Å²) in [6.07, 6.45) is 3.56. The molecule has 3 rings (SSSR count). The van der Waals surface area contributed by atoms with E-state index in [4.69, 9.17) is 4.74 Å². The van der Waals surface area contributed by atoms with Crippen LogP contribution in [0, 0.1) is 0 Å². The monoisotopic (exact) mass is 267 g/mol. The van der Waals surface area contributed by atoms with Crippen molar-refractivity contribution in [2.24, 2.45) is 0 Å². The molecule has 102 valence electrons. The first-order valence-electron chi connectivity index (χ1n) is 6.87. The third-order valence-electron chi connectivity index (χ3n) is 3.55. The second-order valence-electron chi connectivity index (χ2n) is 4.84. The quantitative estimate of drug-likeness (QED) is 0.783. The maximum Gasteiger partial charge on any atom is 0.246 e. The first-order valence-corrected chi connectivity index (χ1v) is 6.87. The van der Waals surface area contributed by atoms with Crippen LogP contribution in [-0.2, 0) is 9.53 Å². The summed E-state index contributed by atoms with van der Waals surface area (Å²) in [5.74, 6) is 0.0567. The van der Waals surface area contributed by atoms with Gasteiger partial charge in [0.1, 0.15) is 0 Å². The zero-order valence-electron chi connectivity index (χ0n) is 11.3. The van der Waals surface area contributed by atoms with Gasteiger partial charge in [-0.2, -0.15) is 0 Å². The fourth-order valence-electron chi connectivity index (χ4n) is 2.45. The van der Waals surface area contributed by atoms with Gasteiger partial charge in [-0.3, -0.25) is 4.79 Å². The molecule has 2 aromatic carbocycles. The van der Waals surface area contributed by atoms with Crippen molar-refractivity contribution in [1.82, 2.24) is 4.90 Å². The lowest BCUT2D eigenvalue weighted by molar-refractivity contribution is -0.129. The zero-order chi connectivity index (χ0) is 13.8.